The predicted octanol–water partition coefficient (Wildman–Crippen LogP) is 1.78. The van der Waals surface area contributed by atoms with Crippen LogP contribution in [0.2, 0.25) is 0 Å². The molecular weight excluding hydrogens is 318 g/mol. The average Bonchev–Trinajstić information content (AvgIpc) is 2.49. The topological polar surface area (TPSA) is 94.9 Å². The lowest BCUT2D eigenvalue weighted by Crippen LogP contribution is -2.42. The van der Waals surface area contributed by atoms with Crippen LogP contribution in [0.5, 0.6) is 0 Å². The molecule has 1 heterocycles. The molecule has 0 radical (unpaired) electrons. The minimum atomic E-state index is -3.76. The maximum atomic E-state index is 12.8. The van der Waals surface area contributed by atoms with Crippen LogP contribution in [0.25, 0.3) is 0 Å². The second-order valence-electron chi connectivity index (χ2n) is 6.22. The van der Waals surface area contributed by atoms with Gasteiger partial charge in [0.25, 0.3) is 0 Å². The highest BCUT2D eigenvalue weighted by Gasteiger charge is 2.32. The van der Waals surface area contributed by atoms with Crippen LogP contribution in [0, 0.1) is 19.8 Å². The number of aliphatic hydroxyl groups is 1. The smallest absolute Gasteiger partial charge is 0.336 e. The van der Waals surface area contributed by atoms with Gasteiger partial charge in [-0.05, 0) is 62.8 Å². The molecule has 0 bridgehead atoms. The van der Waals surface area contributed by atoms with Gasteiger partial charge in [-0.25, -0.2) is 13.2 Å². The van der Waals surface area contributed by atoms with Crippen molar-refractivity contribution in [1.29, 1.82) is 0 Å². The number of aryl methyl sites for hydroxylation is 1. The Balaban J connectivity index is 2.42. The Morgan fingerprint density at radius 2 is 2.00 bits per heavy atom. The lowest BCUT2D eigenvalue weighted by molar-refractivity contribution is 0.0695. The summed E-state index contributed by atoms with van der Waals surface area (Å²) in [5.41, 5.74) is 1.21. The molecule has 0 amide bonds. The number of rotatable bonds is 4. The highest BCUT2D eigenvalue weighted by atomic mass is 32.2. The molecule has 2 rings (SSSR count). The molecule has 1 aromatic rings. The predicted molar refractivity (Wildman–Crippen MR) is 86.0 cm³/mol. The van der Waals surface area contributed by atoms with E-state index in [1.807, 2.05) is 0 Å². The first-order chi connectivity index (χ1) is 10.6. The number of benzene rings is 1. The van der Waals surface area contributed by atoms with Crippen molar-refractivity contribution in [3.05, 3.63) is 28.8 Å². The molecule has 2 unspecified atom stereocenters. The molecule has 1 aliphatic heterocycles. The second kappa shape index (κ2) is 6.59. The normalized spacial score (nSPS) is 21.1. The van der Waals surface area contributed by atoms with Crippen molar-refractivity contribution in [3.63, 3.8) is 0 Å². The van der Waals surface area contributed by atoms with Gasteiger partial charge >= 0.3 is 5.97 Å². The van der Waals surface area contributed by atoms with Crippen molar-refractivity contribution >= 4 is 16.0 Å². The van der Waals surface area contributed by atoms with Gasteiger partial charge in [0.15, 0.2) is 0 Å². The Morgan fingerprint density at radius 3 is 2.57 bits per heavy atom. The summed E-state index contributed by atoms with van der Waals surface area (Å²) in [4.78, 5) is 11.3. The lowest BCUT2D eigenvalue weighted by Gasteiger charge is -2.33. The number of carboxylic acid groups (broad SMARTS) is 1. The number of aromatic carboxylic acids is 1. The number of sulfonamides is 1. The molecule has 128 valence electrons. The molecule has 1 aromatic carbocycles. The largest absolute Gasteiger partial charge is 0.478 e. The van der Waals surface area contributed by atoms with E-state index in [0.29, 0.717) is 24.1 Å². The van der Waals surface area contributed by atoms with Crippen molar-refractivity contribution in [2.24, 2.45) is 5.92 Å². The molecule has 0 saturated carbocycles. The Labute approximate surface area is 136 Å². The number of carbonyl (C=O) groups is 1. The molecule has 1 saturated heterocycles. The molecular formula is C16H23NO5S. The third-order valence-electron chi connectivity index (χ3n) is 4.61. The minimum Gasteiger partial charge on any atom is -0.478 e. The third-order valence-corrected chi connectivity index (χ3v) is 6.45. The minimum absolute atomic E-state index is 0.00393. The van der Waals surface area contributed by atoms with Gasteiger partial charge in [-0.3, -0.25) is 0 Å². The SMILES string of the molecule is Cc1cc(S(=O)(=O)N2CCCC(C(C)O)C2)cc(C(=O)O)c1C. The van der Waals surface area contributed by atoms with Crippen molar-refractivity contribution in [3.8, 4) is 0 Å². The molecule has 0 spiro atoms. The van der Waals surface area contributed by atoms with E-state index in [0.717, 1.165) is 6.42 Å². The van der Waals surface area contributed by atoms with E-state index >= 15 is 0 Å². The van der Waals surface area contributed by atoms with Crippen molar-refractivity contribution in [2.75, 3.05) is 13.1 Å². The molecule has 0 aliphatic carbocycles. The van der Waals surface area contributed by atoms with Gasteiger partial charge in [-0.15, -0.1) is 0 Å². The zero-order valence-corrected chi connectivity index (χ0v) is 14.4. The van der Waals surface area contributed by atoms with Gasteiger partial charge in [-0.1, -0.05) is 0 Å². The Bertz CT molecular complexity index is 711. The Hall–Kier alpha value is -1.44. The molecule has 7 heteroatoms. The number of hydrogen-bond acceptors (Lipinski definition) is 4. The van der Waals surface area contributed by atoms with Crippen LogP contribution in [0.15, 0.2) is 17.0 Å². The number of carboxylic acids is 1. The van der Waals surface area contributed by atoms with Gasteiger partial charge in [0.1, 0.15) is 0 Å². The highest BCUT2D eigenvalue weighted by molar-refractivity contribution is 7.89. The van der Waals surface area contributed by atoms with Gasteiger partial charge in [0.2, 0.25) is 10.0 Å². The molecule has 23 heavy (non-hydrogen) atoms. The summed E-state index contributed by atoms with van der Waals surface area (Å²) >= 11 is 0. The van der Waals surface area contributed by atoms with Crippen molar-refractivity contribution < 1.29 is 23.4 Å². The molecule has 0 aromatic heterocycles. The van der Waals surface area contributed by atoms with Crippen LogP contribution in [0.1, 0.15) is 41.3 Å². The molecule has 2 N–H and O–H groups in total. The van der Waals surface area contributed by atoms with Crippen molar-refractivity contribution in [1.82, 2.24) is 4.31 Å². The maximum Gasteiger partial charge on any atom is 0.336 e. The first kappa shape index (κ1) is 17.9. The summed E-state index contributed by atoms with van der Waals surface area (Å²) in [6, 6.07) is 2.75. The van der Waals surface area contributed by atoms with E-state index in [2.05, 4.69) is 0 Å². The van der Waals surface area contributed by atoms with Crippen LogP contribution >= 0.6 is 0 Å². The van der Waals surface area contributed by atoms with E-state index in [-0.39, 0.29) is 22.9 Å². The fourth-order valence-corrected chi connectivity index (χ4v) is 4.58. The van der Waals surface area contributed by atoms with E-state index in [1.165, 1.54) is 16.4 Å². The summed E-state index contributed by atoms with van der Waals surface area (Å²) in [5, 5.41) is 19.0. The van der Waals surface area contributed by atoms with Crippen molar-refractivity contribution in [2.45, 2.75) is 44.6 Å². The zero-order chi connectivity index (χ0) is 17.4. The molecule has 1 fully saturated rings. The van der Waals surface area contributed by atoms with E-state index in [9.17, 15) is 23.4 Å². The molecule has 6 nitrogen and oxygen atoms in total. The van der Waals surface area contributed by atoms with Gasteiger partial charge < -0.3 is 10.2 Å². The van der Waals surface area contributed by atoms with Crippen LogP contribution in [0.4, 0.5) is 0 Å². The quantitative estimate of drug-likeness (QED) is 0.870. The van der Waals surface area contributed by atoms with E-state index < -0.39 is 22.1 Å². The number of piperidine rings is 1. The summed E-state index contributed by atoms with van der Waals surface area (Å²) < 4.78 is 27.0. The van der Waals surface area contributed by atoms with E-state index in [1.54, 1.807) is 20.8 Å². The summed E-state index contributed by atoms with van der Waals surface area (Å²) in [6.07, 6.45) is 0.907. The zero-order valence-electron chi connectivity index (χ0n) is 13.6. The van der Waals surface area contributed by atoms with Crippen LogP contribution in [0.3, 0.4) is 0 Å². The first-order valence-electron chi connectivity index (χ1n) is 7.67. The summed E-state index contributed by atoms with van der Waals surface area (Å²) in [6.45, 7) is 5.69. The monoisotopic (exact) mass is 341 g/mol. The van der Waals surface area contributed by atoms with Crippen LogP contribution in [-0.2, 0) is 10.0 Å². The van der Waals surface area contributed by atoms with Gasteiger partial charge in [-0.2, -0.15) is 4.31 Å². The average molecular weight is 341 g/mol. The Morgan fingerprint density at radius 1 is 1.35 bits per heavy atom. The summed E-state index contributed by atoms with van der Waals surface area (Å²) in [5.74, 6) is -1.23. The van der Waals surface area contributed by atoms with Crippen LogP contribution in [-0.4, -0.2) is 48.1 Å². The number of aliphatic hydroxyl groups excluding tert-OH is 1. The van der Waals surface area contributed by atoms with Gasteiger partial charge in [0.05, 0.1) is 16.6 Å². The fourth-order valence-electron chi connectivity index (χ4n) is 2.93. The van der Waals surface area contributed by atoms with E-state index in [4.69, 9.17) is 0 Å². The molecule has 1 aliphatic rings. The Kier molecular flexibility index (Phi) is 5.13. The highest BCUT2D eigenvalue weighted by Crippen LogP contribution is 2.27. The van der Waals surface area contributed by atoms with Gasteiger partial charge in [0, 0.05) is 13.1 Å². The fraction of sp³-hybridized carbons (Fsp3) is 0.562. The van der Waals surface area contributed by atoms with Crippen LogP contribution < -0.4 is 0 Å². The summed E-state index contributed by atoms with van der Waals surface area (Å²) in [7, 11) is -3.76. The second-order valence-corrected chi connectivity index (χ2v) is 8.16. The number of nitrogens with zero attached hydrogens (tertiary/aromatic N) is 1. The number of hydrogen-bond donors (Lipinski definition) is 2. The lowest BCUT2D eigenvalue weighted by atomic mass is 9.95. The third kappa shape index (κ3) is 3.57. The first-order valence-corrected chi connectivity index (χ1v) is 9.11. The standard InChI is InChI=1S/C16H23NO5S/c1-10-7-14(8-15(11(10)2)16(19)20)23(21,22)17-6-4-5-13(9-17)12(3)18/h7-8,12-13,18H,4-6,9H2,1-3H3,(H,19,20). The molecule has 2 atom stereocenters. The maximum absolute atomic E-state index is 12.8.